The minimum Gasteiger partial charge on any atom is -0.478 e. The van der Waals surface area contributed by atoms with Crippen molar-refractivity contribution in [1.29, 1.82) is 0 Å². The highest BCUT2D eigenvalue weighted by Gasteiger charge is 2.23. The van der Waals surface area contributed by atoms with Gasteiger partial charge in [-0.25, -0.2) is 14.2 Å². The van der Waals surface area contributed by atoms with Gasteiger partial charge >= 0.3 is 5.97 Å². The zero-order chi connectivity index (χ0) is 15.6. The number of hydrogen-bond donors (Lipinski definition) is 2. The normalized spacial score (nSPS) is 11.3. The van der Waals surface area contributed by atoms with E-state index in [1.807, 2.05) is 4.72 Å². The maximum Gasteiger partial charge on any atom is 0.337 e. The van der Waals surface area contributed by atoms with Gasteiger partial charge in [0.2, 0.25) is 0 Å². The minimum absolute atomic E-state index is 0.316. The molecule has 0 spiro atoms. The van der Waals surface area contributed by atoms with Crippen LogP contribution in [0.5, 0.6) is 0 Å². The average molecular weight is 313 g/mol. The second kappa shape index (κ2) is 5.52. The number of hydrogen-bond acceptors (Lipinski definition) is 4. The molecule has 0 saturated carbocycles. The number of aryl methyl sites for hydroxylation is 1. The van der Waals surface area contributed by atoms with E-state index in [0.717, 1.165) is 12.1 Å². The Kier molecular flexibility index (Phi) is 3.94. The number of sulfonamides is 1. The molecule has 0 radical (unpaired) electrons. The number of benzene rings is 1. The van der Waals surface area contributed by atoms with Crippen LogP contribution in [0.4, 0.5) is 10.1 Å². The predicted octanol–water partition coefficient (Wildman–Crippen LogP) is 1.54. The van der Waals surface area contributed by atoms with E-state index in [-0.39, 0.29) is 5.03 Å². The Balaban J connectivity index is 2.44. The summed E-state index contributed by atoms with van der Waals surface area (Å²) in [6.07, 6.45) is 2.58. The van der Waals surface area contributed by atoms with Gasteiger partial charge in [-0.3, -0.25) is 4.72 Å². The summed E-state index contributed by atoms with van der Waals surface area (Å²) >= 11 is 0. The second-order valence-electron chi connectivity index (χ2n) is 4.12. The lowest BCUT2D eigenvalue weighted by molar-refractivity contribution is 0.0697. The van der Waals surface area contributed by atoms with Crippen molar-refractivity contribution in [1.82, 2.24) is 9.55 Å². The van der Waals surface area contributed by atoms with Crippen molar-refractivity contribution >= 4 is 21.7 Å². The highest BCUT2D eigenvalue weighted by atomic mass is 32.2. The molecule has 0 fully saturated rings. The standard InChI is InChI=1S/C12H12FN3O4S/c1-2-16-6-10(14-7-16)21(19,20)15-11-8(12(17)18)4-3-5-9(11)13/h3-7,15H,2H2,1H3,(H,17,18). The number of halogens is 1. The van der Waals surface area contributed by atoms with E-state index in [0.29, 0.717) is 6.54 Å². The smallest absolute Gasteiger partial charge is 0.337 e. The molecule has 0 aliphatic heterocycles. The molecule has 0 atom stereocenters. The Bertz CT molecular complexity index is 786. The fourth-order valence-corrected chi connectivity index (χ4v) is 2.68. The minimum atomic E-state index is -4.17. The van der Waals surface area contributed by atoms with Crippen molar-refractivity contribution in [2.24, 2.45) is 0 Å². The van der Waals surface area contributed by atoms with Gasteiger partial charge in [0.25, 0.3) is 10.0 Å². The molecule has 1 aromatic carbocycles. The molecular weight excluding hydrogens is 301 g/mol. The maximum absolute atomic E-state index is 13.7. The summed E-state index contributed by atoms with van der Waals surface area (Å²) in [4.78, 5) is 14.7. The topological polar surface area (TPSA) is 101 Å². The van der Waals surface area contributed by atoms with Crippen LogP contribution in [0.15, 0.2) is 35.7 Å². The largest absolute Gasteiger partial charge is 0.478 e. The Hall–Kier alpha value is -2.42. The average Bonchev–Trinajstić information content (AvgIpc) is 2.90. The molecule has 21 heavy (non-hydrogen) atoms. The fourth-order valence-electron chi connectivity index (χ4n) is 1.64. The van der Waals surface area contributed by atoms with Crippen LogP contribution in [0.1, 0.15) is 17.3 Å². The first-order valence-corrected chi connectivity index (χ1v) is 7.40. The molecule has 0 amide bonds. The number of carboxylic acid groups (broad SMARTS) is 1. The molecule has 2 rings (SSSR count). The number of aromatic carboxylic acids is 1. The monoisotopic (exact) mass is 313 g/mol. The highest BCUT2D eigenvalue weighted by molar-refractivity contribution is 7.92. The number of carboxylic acids is 1. The lowest BCUT2D eigenvalue weighted by atomic mass is 10.2. The fraction of sp³-hybridized carbons (Fsp3) is 0.167. The molecule has 1 heterocycles. The van der Waals surface area contributed by atoms with E-state index in [1.54, 1.807) is 6.92 Å². The van der Waals surface area contributed by atoms with Gasteiger partial charge in [-0.2, -0.15) is 8.42 Å². The molecule has 0 aliphatic rings. The van der Waals surface area contributed by atoms with Crippen LogP contribution < -0.4 is 4.72 Å². The van der Waals surface area contributed by atoms with Crippen molar-refractivity contribution in [3.8, 4) is 0 Å². The first-order valence-electron chi connectivity index (χ1n) is 5.91. The zero-order valence-corrected chi connectivity index (χ0v) is 11.8. The number of aromatic nitrogens is 2. The van der Waals surface area contributed by atoms with Gasteiger partial charge in [0.15, 0.2) is 5.03 Å². The van der Waals surface area contributed by atoms with Crippen molar-refractivity contribution in [3.63, 3.8) is 0 Å². The third-order valence-corrected chi connectivity index (χ3v) is 3.96. The molecule has 7 nitrogen and oxygen atoms in total. The number of imidazole rings is 1. The van der Waals surface area contributed by atoms with Crippen LogP contribution in [0, 0.1) is 5.82 Å². The number of nitrogens with zero attached hydrogens (tertiary/aromatic N) is 2. The molecule has 112 valence electrons. The summed E-state index contributed by atoms with van der Waals surface area (Å²) in [5.74, 6) is -2.42. The zero-order valence-electron chi connectivity index (χ0n) is 10.9. The molecule has 0 saturated heterocycles. The lowest BCUT2D eigenvalue weighted by Crippen LogP contribution is -2.17. The summed E-state index contributed by atoms with van der Waals surface area (Å²) in [6.45, 7) is 2.31. The molecular formula is C12H12FN3O4S. The van der Waals surface area contributed by atoms with Crippen LogP contribution in [-0.2, 0) is 16.6 Å². The van der Waals surface area contributed by atoms with Gasteiger partial charge in [0.1, 0.15) is 5.82 Å². The summed E-state index contributed by atoms with van der Waals surface area (Å²) in [7, 11) is -4.17. The summed E-state index contributed by atoms with van der Waals surface area (Å²) < 4.78 is 41.4. The maximum atomic E-state index is 13.7. The molecule has 2 N–H and O–H groups in total. The van der Waals surface area contributed by atoms with Crippen LogP contribution in [0.25, 0.3) is 0 Å². The Morgan fingerprint density at radius 2 is 2.19 bits per heavy atom. The van der Waals surface area contributed by atoms with Gasteiger partial charge in [0.05, 0.1) is 17.6 Å². The molecule has 2 aromatic rings. The first-order chi connectivity index (χ1) is 9.85. The van der Waals surface area contributed by atoms with E-state index in [4.69, 9.17) is 5.11 Å². The lowest BCUT2D eigenvalue weighted by Gasteiger charge is -2.09. The predicted molar refractivity (Wildman–Crippen MR) is 72.1 cm³/mol. The first kappa shape index (κ1) is 15.0. The van der Waals surface area contributed by atoms with Crippen molar-refractivity contribution in [3.05, 3.63) is 42.1 Å². The number of nitrogens with one attached hydrogen (secondary N) is 1. The Labute approximate surface area is 120 Å². The van der Waals surface area contributed by atoms with E-state index >= 15 is 0 Å². The van der Waals surface area contributed by atoms with Gasteiger partial charge in [0, 0.05) is 12.7 Å². The molecule has 1 aromatic heterocycles. The van der Waals surface area contributed by atoms with Gasteiger partial charge in [-0.05, 0) is 19.1 Å². The van der Waals surface area contributed by atoms with E-state index < -0.39 is 33.1 Å². The Morgan fingerprint density at radius 3 is 2.76 bits per heavy atom. The third-order valence-electron chi connectivity index (χ3n) is 2.73. The van der Waals surface area contributed by atoms with E-state index in [9.17, 15) is 17.6 Å². The number of anilines is 1. The second-order valence-corrected chi connectivity index (χ2v) is 5.74. The molecule has 0 unspecified atom stereocenters. The Morgan fingerprint density at radius 1 is 1.48 bits per heavy atom. The van der Waals surface area contributed by atoms with E-state index in [1.165, 1.54) is 23.2 Å². The van der Waals surface area contributed by atoms with Crippen molar-refractivity contribution in [2.45, 2.75) is 18.5 Å². The van der Waals surface area contributed by atoms with Gasteiger partial charge in [-0.15, -0.1) is 0 Å². The third kappa shape index (κ3) is 3.02. The summed E-state index contributed by atoms with van der Waals surface area (Å²) in [5.41, 5.74) is -1.09. The van der Waals surface area contributed by atoms with Gasteiger partial charge in [-0.1, -0.05) is 6.07 Å². The number of rotatable bonds is 5. The molecule has 9 heteroatoms. The number of carbonyl (C=O) groups is 1. The number of para-hydroxylation sites is 1. The summed E-state index contributed by atoms with van der Waals surface area (Å²) in [6, 6.07) is 3.26. The molecule has 0 bridgehead atoms. The van der Waals surface area contributed by atoms with Crippen LogP contribution in [0.2, 0.25) is 0 Å². The molecule has 0 aliphatic carbocycles. The van der Waals surface area contributed by atoms with Crippen LogP contribution >= 0.6 is 0 Å². The van der Waals surface area contributed by atoms with Crippen LogP contribution in [0.3, 0.4) is 0 Å². The van der Waals surface area contributed by atoms with Crippen LogP contribution in [-0.4, -0.2) is 29.0 Å². The SMILES string of the molecule is CCn1cnc(S(=O)(=O)Nc2c(F)cccc2C(=O)O)c1. The van der Waals surface area contributed by atoms with Gasteiger partial charge < -0.3 is 9.67 Å². The highest BCUT2D eigenvalue weighted by Crippen LogP contribution is 2.23. The van der Waals surface area contributed by atoms with Crippen molar-refractivity contribution in [2.75, 3.05) is 4.72 Å². The quantitative estimate of drug-likeness (QED) is 0.872. The van der Waals surface area contributed by atoms with E-state index in [2.05, 4.69) is 4.98 Å². The van der Waals surface area contributed by atoms with Crippen molar-refractivity contribution < 1.29 is 22.7 Å². The summed E-state index contributed by atoms with van der Waals surface area (Å²) in [5, 5.41) is 8.66.